The zero-order valence-electron chi connectivity index (χ0n) is 9.90. The van der Waals surface area contributed by atoms with Gasteiger partial charge in [-0.1, -0.05) is 35.9 Å². The number of fused-ring (bicyclic) bond motifs is 1. The highest BCUT2D eigenvalue weighted by atomic mass is 35.5. The van der Waals surface area contributed by atoms with Crippen molar-refractivity contribution in [2.45, 2.75) is 0 Å². The van der Waals surface area contributed by atoms with Crippen molar-refractivity contribution in [3.05, 3.63) is 59.4 Å². The molecule has 0 aliphatic carbocycles. The summed E-state index contributed by atoms with van der Waals surface area (Å²) in [6.07, 6.45) is 0. The Hall–Kier alpha value is -2.13. The lowest BCUT2D eigenvalue weighted by atomic mass is 10.0. The molecular weight excluding hydrogens is 263 g/mol. The molecule has 0 saturated heterocycles. The van der Waals surface area contributed by atoms with E-state index in [0.717, 1.165) is 5.39 Å². The third-order valence-corrected chi connectivity index (χ3v) is 3.21. The molecule has 19 heavy (non-hydrogen) atoms. The molecule has 0 atom stereocenters. The average molecular weight is 273 g/mol. The topological polar surface area (TPSA) is 38.9 Å². The summed E-state index contributed by atoms with van der Waals surface area (Å²) in [5.41, 5.74) is 7.66. The number of halogens is 2. The summed E-state index contributed by atoms with van der Waals surface area (Å²) in [6, 6.07) is 13.7. The first kappa shape index (κ1) is 11.9. The Kier molecular flexibility index (Phi) is 2.84. The normalized spacial score (nSPS) is 10.8. The number of anilines is 1. The predicted octanol–water partition coefficient (Wildman–Crippen LogP) is 4.28. The minimum atomic E-state index is -0.315. The van der Waals surface area contributed by atoms with Gasteiger partial charge in [0.1, 0.15) is 11.6 Å². The number of aromatic nitrogens is 1. The van der Waals surface area contributed by atoms with Crippen LogP contribution < -0.4 is 5.73 Å². The second-order valence-electron chi connectivity index (χ2n) is 4.24. The maximum absolute atomic E-state index is 13.8. The highest BCUT2D eigenvalue weighted by Gasteiger charge is 2.10. The van der Waals surface area contributed by atoms with E-state index in [1.165, 1.54) is 6.07 Å². The van der Waals surface area contributed by atoms with E-state index in [0.29, 0.717) is 27.5 Å². The van der Waals surface area contributed by atoms with Gasteiger partial charge in [0, 0.05) is 21.5 Å². The summed E-state index contributed by atoms with van der Waals surface area (Å²) in [6.45, 7) is 0. The van der Waals surface area contributed by atoms with E-state index < -0.39 is 0 Å². The summed E-state index contributed by atoms with van der Waals surface area (Å²) >= 11 is 5.91. The first-order valence-corrected chi connectivity index (χ1v) is 6.13. The van der Waals surface area contributed by atoms with Gasteiger partial charge in [0.25, 0.3) is 0 Å². The molecular formula is C15H10ClFN2. The van der Waals surface area contributed by atoms with Crippen LogP contribution >= 0.6 is 11.6 Å². The van der Waals surface area contributed by atoms with Crippen molar-refractivity contribution < 1.29 is 4.39 Å². The summed E-state index contributed by atoms with van der Waals surface area (Å²) in [5.74, 6) is -0.0239. The number of pyridine rings is 1. The summed E-state index contributed by atoms with van der Waals surface area (Å²) in [7, 11) is 0. The maximum Gasteiger partial charge on any atom is 0.132 e. The third kappa shape index (κ3) is 2.13. The fourth-order valence-corrected chi connectivity index (χ4v) is 2.22. The Balaban J connectivity index is 2.28. The monoisotopic (exact) mass is 272 g/mol. The first-order valence-electron chi connectivity index (χ1n) is 5.76. The molecule has 0 amide bonds. The van der Waals surface area contributed by atoms with E-state index >= 15 is 0 Å². The Morgan fingerprint density at radius 2 is 1.79 bits per heavy atom. The quantitative estimate of drug-likeness (QED) is 0.718. The molecule has 94 valence electrons. The first-order chi connectivity index (χ1) is 9.15. The molecule has 2 nitrogen and oxygen atoms in total. The van der Waals surface area contributed by atoms with Crippen molar-refractivity contribution >= 4 is 28.3 Å². The second-order valence-corrected chi connectivity index (χ2v) is 4.67. The van der Waals surface area contributed by atoms with E-state index in [4.69, 9.17) is 17.3 Å². The van der Waals surface area contributed by atoms with Crippen LogP contribution in [0.15, 0.2) is 48.5 Å². The van der Waals surface area contributed by atoms with Crippen LogP contribution in [0.3, 0.4) is 0 Å². The van der Waals surface area contributed by atoms with Crippen molar-refractivity contribution in [2.24, 2.45) is 0 Å². The van der Waals surface area contributed by atoms with Gasteiger partial charge < -0.3 is 5.73 Å². The molecule has 0 fully saturated rings. The molecule has 0 unspecified atom stereocenters. The van der Waals surface area contributed by atoms with Gasteiger partial charge in [-0.3, -0.25) is 0 Å². The van der Waals surface area contributed by atoms with E-state index in [2.05, 4.69) is 4.98 Å². The molecule has 0 radical (unpaired) electrons. The van der Waals surface area contributed by atoms with Gasteiger partial charge in [0.05, 0.1) is 5.52 Å². The van der Waals surface area contributed by atoms with Crippen LogP contribution in [0.1, 0.15) is 0 Å². The number of hydrogen-bond acceptors (Lipinski definition) is 2. The van der Waals surface area contributed by atoms with E-state index in [1.807, 2.05) is 12.1 Å². The summed E-state index contributed by atoms with van der Waals surface area (Å²) in [5, 5.41) is 1.47. The highest BCUT2D eigenvalue weighted by Crippen LogP contribution is 2.30. The van der Waals surface area contributed by atoms with Crippen LogP contribution in [-0.2, 0) is 0 Å². The molecule has 0 saturated carbocycles. The smallest absolute Gasteiger partial charge is 0.132 e. The minimum absolute atomic E-state index is 0.292. The molecule has 3 rings (SSSR count). The van der Waals surface area contributed by atoms with Gasteiger partial charge in [-0.25, -0.2) is 9.37 Å². The molecule has 2 N–H and O–H groups in total. The zero-order chi connectivity index (χ0) is 13.4. The molecule has 1 aromatic heterocycles. The third-order valence-electron chi connectivity index (χ3n) is 2.97. The standard InChI is InChI=1S/C15H10ClFN2/c16-10-6-5-9-7-12(15(18)19-14(9)8-10)11-3-1-2-4-13(11)17/h1-8H,(H2,18,19). The van der Waals surface area contributed by atoms with Crippen LogP contribution in [-0.4, -0.2) is 4.98 Å². The van der Waals surface area contributed by atoms with Crippen molar-refractivity contribution in [3.8, 4) is 11.1 Å². The van der Waals surface area contributed by atoms with Crippen molar-refractivity contribution in [1.82, 2.24) is 4.98 Å². The fourth-order valence-electron chi connectivity index (χ4n) is 2.05. The number of nitrogen functional groups attached to an aromatic ring is 1. The molecule has 2 aromatic carbocycles. The van der Waals surface area contributed by atoms with Gasteiger partial charge in [-0.2, -0.15) is 0 Å². The largest absolute Gasteiger partial charge is 0.383 e. The molecule has 1 heterocycles. The average Bonchev–Trinajstić information content (AvgIpc) is 2.39. The molecule has 3 aromatic rings. The van der Waals surface area contributed by atoms with Crippen molar-refractivity contribution in [2.75, 3.05) is 5.73 Å². The maximum atomic E-state index is 13.8. The minimum Gasteiger partial charge on any atom is -0.383 e. The van der Waals surface area contributed by atoms with Gasteiger partial charge in [0.2, 0.25) is 0 Å². The van der Waals surface area contributed by atoms with Crippen LogP contribution in [0.2, 0.25) is 5.02 Å². The molecule has 0 spiro atoms. The summed E-state index contributed by atoms with van der Waals surface area (Å²) < 4.78 is 13.8. The number of benzene rings is 2. The van der Waals surface area contributed by atoms with E-state index in [9.17, 15) is 4.39 Å². The van der Waals surface area contributed by atoms with Crippen LogP contribution in [0.25, 0.3) is 22.0 Å². The Bertz CT molecular complexity index is 771. The number of nitrogens with two attached hydrogens (primary N) is 1. The Labute approximate surface area is 114 Å². The SMILES string of the molecule is Nc1nc2cc(Cl)ccc2cc1-c1ccccc1F. The number of hydrogen-bond donors (Lipinski definition) is 1. The van der Waals surface area contributed by atoms with Crippen molar-refractivity contribution in [3.63, 3.8) is 0 Å². The van der Waals surface area contributed by atoms with Crippen LogP contribution in [0.4, 0.5) is 10.2 Å². The number of rotatable bonds is 1. The lowest BCUT2D eigenvalue weighted by Gasteiger charge is -2.08. The molecule has 0 bridgehead atoms. The lowest BCUT2D eigenvalue weighted by molar-refractivity contribution is 0.631. The highest BCUT2D eigenvalue weighted by molar-refractivity contribution is 6.31. The molecule has 4 heteroatoms. The van der Waals surface area contributed by atoms with Gasteiger partial charge in [0.15, 0.2) is 0 Å². The fraction of sp³-hybridized carbons (Fsp3) is 0. The zero-order valence-corrected chi connectivity index (χ0v) is 10.7. The second kappa shape index (κ2) is 4.52. The Morgan fingerprint density at radius 1 is 1.00 bits per heavy atom. The molecule has 0 aliphatic heterocycles. The van der Waals surface area contributed by atoms with Gasteiger partial charge in [-0.15, -0.1) is 0 Å². The summed E-state index contributed by atoms with van der Waals surface area (Å²) in [4.78, 5) is 4.28. The van der Waals surface area contributed by atoms with Gasteiger partial charge >= 0.3 is 0 Å². The van der Waals surface area contributed by atoms with Crippen molar-refractivity contribution in [1.29, 1.82) is 0 Å². The van der Waals surface area contributed by atoms with Crippen LogP contribution in [0, 0.1) is 5.82 Å². The van der Waals surface area contributed by atoms with E-state index in [-0.39, 0.29) is 5.82 Å². The Morgan fingerprint density at radius 3 is 2.58 bits per heavy atom. The predicted molar refractivity (Wildman–Crippen MR) is 76.6 cm³/mol. The number of nitrogens with zero attached hydrogens (tertiary/aromatic N) is 1. The molecule has 0 aliphatic rings. The lowest BCUT2D eigenvalue weighted by Crippen LogP contribution is -1.96. The van der Waals surface area contributed by atoms with E-state index in [1.54, 1.807) is 30.3 Å². The van der Waals surface area contributed by atoms with Gasteiger partial charge in [-0.05, 0) is 24.3 Å². The van der Waals surface area contributed by atoms with Crippen LogP contribution in [0.5, 0.6) is 0 Å².